The van der Waals surface area contributed by atoms with E-state index in [1.54, 1.807) is 11.8 Å². The van der Waals surface area contributed by atoms with Crippen LogP contribution in [0.4, 0.5) is 0 Å². The Morgan fingerprint density at radius 2 is 1.50 bits per heavy atom. The highest BCUT2D eigenvalue weighted by atomic mass is 32.2. The summed E-state index contributed by atoms with van der Waals surface area (Å²) in [6, 6.07) is 14.6. The summed E-state index contributed by atoms with van der Waals surface area (Å²) >= 11 is 7.21. The number of hydrogen-bond acceptors (Lipinski definition) is 2. The van der Waals surface area contributed by atoms with Gasteiger partial charge in [-0.3, -0.25) is 0 Å². The van der Waals surface area contributed by atoms with Gasteiger partial charge in [0.25, 0.3) is 0 Å². The zero-order valence-corrected chi connectivity index (χ0v) is 12.5. The third-order valence-electron chi connectivity index (χ3n) is 2.81. The van der Waals surface area contributed by atoms with Crippen molar-refractivity contribution in [2.45, 2.75) is 25.7 Å². The maximum absolute atomic E-state index is 5.52. The highest BCUT2D eigenvalue weighted by Gasteiger charge is 2.09. The van der Waals surface area contributed by atoms with Gasteiger partial charge in [0.05, 0.1) is 4.20 Å². The molecule has 0 aliphatic carbocycles. The topological polar surface area (TPSA) is 0 Å². The number of hydrogen-bond donors (Lipinski definition) is 0. The number of aryl methyl sites for hydroxylation is 3. The summed E-state index contributed by atoms with van der Waals surface area (Å²) in [5.74, 6) is 0. The van der Waals surface area contributed by atoms with Gasteiger partial charge in [-0.2, -0.15) is 0 Å². The van der Waals surface area contributed by atoms with Crippen molar-refractivity contribution in [3.05, 3.63) is 64.7 Å². The lowest BCUT2D eigenvalue weighted by molar-refractivity contribution is 1.19. The fourth-order valence-electron chi connectivity index (χ4n) is 2.05. The molecule has 2 aromatic rings. The summed E-state index contributed by atoms with van der Waals surface area (Å²) in [6.07, 6.45) is 0. The summed E-state index contributed by atoms with van der Waals surface area (Å²) in [4.78, 5) is 1.29. The van der Waals surface area contributed by atoms with E-state index in [1.807, 2.05) is 18.2 Å². The minimum absolute atomic E-state index is 0.936. The molecule has 0 fully saturated rings. The van der Waals surface area contributed by atoms with Crippen LogP contribution in [0.5, 0.6) is 0 Å². The van der Waals surface area contributed by atoms with E-state index in [2.05, 4.69) is 45.0 Å². The van der Waals surface area contributed by atoms with E-state index in [0.717, 1.165) is 9.76 Å². The lowest BCUT2D eigenvalue weighted by Gasteiger charge is -2.11. The smallest absolute Gasteiger partial charge is 0.0771 e. The van der Waals surface area contributed by atoms with Crippen molar-refractivity contribution in [1.82, 2.24) is 0 Å². The highest BCUT2D eigenvalue weighted by Crippen LogP contribution is 2.30. The summed E-state index contributed by atoms with van der Waals surface area (Å²) in [7, 11) is 0. The molecule has 0 bridgehead atoms. The second-order valence-corrected chi connectivity index (χ2v) is 6.17. The van der Waals surface area contributed by atoms with Crippen LogP contribution in [0.1, 0.15) is 22.3 Å². The molecule has 0 saturated heterocycles. The number of thioether (sulfide) groups is 1. The van der Waals surface area contributed by atoms with E-state index in [0.29, 0.717) is 0 Å². The molecule has 0 radical (unpaired) electrons. The van der Waals surface area contributed by atoms with Crippen molar-refractivity contribution in [3.8, 4) is 0 Å². The third-order valence-corrected chi connectivity index (χ3v) is 4.56. The maximum Gasteiger partial charge on any atom is 0.0826 e. The second kappa shape index (κ2) is 5.68. The molecule has 18 heavy (non-hydrogen) atoms. The molecule has 0 nitrogen and oxygen atoms in total. The molecule has 92 valence electrons. The van der Waals surface area contributed by atoms with Crippen molar-refractivity contribution in [2.24, 2.45) is 0 Å². The van der Waals surface area contributed by atoms with Crippen LogP contribution in [0.25, 0.3) is 0 Å². The maximum atomic E-state index is 5.52. The van der Waals surface area contributed by atoms with Gasteiger partial charge in [-0.05, 0) is 37.5 Å². The Hall–Kier alpha value is -1.12. The van der Waals surface area contributed by atoms with Gasteiger partial charge >= 0.3 is 0 Å². The quantitative estimate of drug-likeness (QED) is 0.552. The Morgan fingerprint density at radius 3 is 2.06 bits per heavy atom. The van der Waals surface area contributed by atoms with Crippen LogP contribution in [-0.2, 0) is 0 Å². The molecule has 0 amide bonds. The largest absolute Gasteiger partial charge is 0.0826 e. The van der Waals surface area contributed by atoms with E-state index in [1.165, 1.54) is 21.6 Å². The zero-order valence-electron chi connectivity index (χ0n) is 10.9. The minimum Gasteiger partial charge on any atom is -0.0771 e. The van der Waals surface area contributed by atoms with E-state index in [-0.39, 0.29) is 0 Å². The first-order valence-electron chi connectivity index (χ1n) is 5.93. The predicted octanol–water partition coefficient (Wildman–Crippen LogP) is 5.08. The van der Waals surface area contributed by atoms with Gasteiger partial charge in [-0.15, -0.1) is 0 Å². The Labute approximate surface area is 118 Å². The van der Waals surface area contributed by atoms with Crippen LogP contribution in [0.15, 0.2) is 47.4 Å². The molecule has 0 N–H and O–H groups in total. The standard InChI is InChI=1S/C16H16S2/c1-11-9-12(2)15(13(3)10-11)18-16(17)14-7-5-4-6-8-14/h4-10H,1-3H3. The molecule has 0 aromatic heterocycles. The summed E-state index contributed by atoms with van der Waals surface area (Å²) in [5, 5.41) is 0. The van der Waals surface area contributed by atoms with Crippen LogP contribution in [0.2, 0.25) is 0 Å². The molecule has 0 aliphatic rings. The van der Waals surface area contributed by atoms with Gasteiger partial charge in [0.2, 0.25) is 0 Å². The van der Waals surface area contributed by atoms with Crippen molar-refractivity contribution in [1.29, 1.82) is 0 Å². The molecule has 2 aromatic carbocycles. The molecule has 0 aliphatic heterocycles. The fourth-order valence-corrected chi connectivity index (χ4v) is 3.32. The Bertz CT molecular complexity index is 548. The molecule has 0 atom stereocenters. The van der Waals surface area contributed by atoms with Crippen LogP contribution in [0.3, 0.4) is 0 Å². The van der Waals surface area contributed by atoms with Crippen LogP contribution in [-0.4, -0.2) is 4.20 Å². The van der Waals surface area contributed by atoms with Gasteiger partial charge in [0.15, 0.2) is 0 Å². The number of benzene rings is 2. The highest BCUT2D eigenvalue weighted by molar-refractivity contribution is 8.23. The molecule has 0 unspecified atom stereocenters. The average Bonchev–Trinajstić information content (AvgIpc) is 2.34. The molecular weight excluding hydrogens is 256 g/mol. The van der Waals surface area contributed by atoms with Gasteiger partial charge < -0.3 is 0 Å². The van der Waals surface area contributed by atoms with Crippen LogP contribution < -0.4 is 0 Å². The van der Waals surface area contributed by atoms with Crippen molar-refractivity contribution < 1.29 is 0 Å². The third kappa shape index (κ3) is 3.01. The lowest BCUT2D eigenvalue weighted by atomic mass is 10.1. The number of rotatable bonds is 2. The average molecular weight is 272 g/mol. The van der Waals surface area contributed by atoms with Gasteiger partial charge in [0, 0.05) is 4.90 Å². The second-order valence-electron chi connectivity index (χ2n) is 4.48. The monoisotopic (exact) mass is 272 g/mol. The van der Waals surface area contributed by atoms with E-state index < -0.39 is 0 Å². The molecular formula is C16H16S2. The van der Waals surface area contributed by atoms with Gasteiger partial charge in [-0.25, -0.2) is 0 Å². The molecule has 0 spiro atoms. The first kappa shape index (κ1) is 13.3. The van der Waals surface area contributed by atoms with E-state index in [4.69, 9.17) is 12.2 Å². The van der Waals surface area contributed by atoms with E-state index in [9.17, 15) is 0 Å². The van der Waals surface area contributed by atoms with E-state index >= 15 is 0 Å². The van der Waals surface area contributed by atoms with Crippen molar-refractivity contribution >= 4 is 28.2 Å². The number of thiocarbonyl (C=S) groups is 1. The van der Waals surface area contributed by atoms with Crippen LogP contribution in [0, 0.1) is 20.8 Å². The zero-order chi connectivity index (χ0) is 13.1. The first-order valence-corrected chi connectivity index (χ1v) is 7.15. The molecule has 2 heteroatoms. The fraction of sp³-hybridized carbons (Fsp3) is 0.188. The first-order chi connectivity index (χ1) is 8.58. The molecule has 0 saturated carbocycles. The van der Waals surface area contributed by atoms with Crippen molar-refractivity contribution in [3.63, 3.8) is 0 Å². The molecule has 2 rings (SSSR count). The SMILES string of the molecule is Cc1cc(C)c(SC(=S)c2ccccc2)c(C)c1. The minimum atomic E-state index is 0.936. The Balaban J connectivity index is 2.28. The lowest BCUT2D eigenvalue weighted by Crippen LogP contribution is -1.94. The Morgan fingerprint density at radius 1 is 0.944 bits per heavy atom. The normalized spacial score (nSPS) is 10.4. The summed E-state index contributed by atoms with van der Waals surface area (Å²) in [5.41, 5.74) is 5.03. The van der Waals surface area contributed by atoms with Gasteiger partial charge in [-0.1, -0.05) is 72.0 Å². The van der Waals surface area contributed by atoms with Crippen LogP contribution >= 0.6 is 24.0 Å². The summed E-state index contributed by atoms with van der Waals surface area (Å²) in [6.45, 7) is 6.43. The van der Waals surface area contributed by atoms with Gasteiger partial charge in [0.1, 0.15) is 0 Å². The Kier molecular flexibility index (Phi) is 4.20. The molecule has 0 heterocycles. The summed E-state index contributed by atoms with van der Waals surface area (Å²) < 4.78 is 0.936. The predicted molar refractivity (Wildman–Crippen MR) is 84.7 cm³/mol. The van der Waals surface area contributed by atoms with Crippen molar-refractivity contribution in [2.75, 3.05) is 0 Å².